The molecule has 4 N–H and O–H groups in total. The minimum absolute atomic E-state index is 0.119. The van der Waals surface area contributed by atoms with Crippen LogP contribution in [0.5, 0.6) is 0 Å². The predicted octanol–water partition coefficient (Wildman–Crippen LogP) is 2.51. The lowest BCUT2D eigenvalue weighted by molar-refractivity contribution is 0.0904. The zero-order valence-electron chi connectivity index (χ0n) is 15.6. The first-order valence-corrected chi connectivity index (χ1v) is 9.43. The summed E-state index contributed by atoms with van der Waals surface area (Å²) in [7, 11) is 0. The summed E-state index contributed by atoms with van der Waals surface area (Å²) in [6.45, 7) is 0.945. The summed E-state index contributed by atoms with van der Waals surface area (Å²) in [5, 5.41) is 7.68. The van der Waals surface area contributed by atoms with Crippen molar-refractivity contribution in [2.24, 2.45) is 5.73 Å². The van der Waals surface area contributed by atoms with Gasteiger partial charge < -0.3 is 20.9 Å². The quantitative estimate of drug-likeness (QED) is 0.504. The number of nitrogens with zero attached hydrogens (tertiary/aromatic N) is 2. The number of pyridine rings is 1. The van der Waals surface area contributed by atoms with Crippen molar-refractivity contribution in [3.8, 4) is 0 Å². The molecule has 7 nitrogen and oxygen atoms in total. The van der Waals surface area contributed by atoms with E-state index in [1.165, 1.54) is 0 Å². The van der Waals surface area contributed by atoms with Crippen molar-refractivity contribution in [2.75, 3.05) is 11.9 Å². The van der Waals surface area contributed by atoms with Crippen molar-refractivity contribution < 1.29 is 9.59 Å². The molecule has 4 aromatic rings. The molecule has 0 unspecified atom stereocenters. The Morgan fingerprint density at radius 2 is 2.03 bits per heavy atom. The molecule has 5 rings (SSSR count). The van der Waals surface area contributed by atoms with Gasteiger partial charge in [0.25, 0.3) is 11.8 Å². The largest absolute Gasteiger partial charge is 0.345 e. The standard InChI is InChI=1S/C22H19N5O2/c23-10-17-12-27-19-9-15(6-5-14(19)8-20(27)22(29)26-17)21(28)25-16-7-13-3-1-2-4-18(13)24-11-16/h1-9,11,17H,10,12,23H2,(H,25,28)(H,26,29)/t17-/m1/s1. The van der Waals surface area contributed by atoms with Gasteiger partial charge in [0.1, 0.15) is 5.69 Å². The molecule has 1 aliphatic rings. The molecule has 144 valence electrons. The molecule has 3 heterocycles. The minimum Gasteiger partial charge on any atom is -0.345 e. The monoisotopic (exact) mass is 385 g/mol. The molecule has 0 radical (unpaired) electrons. The van der Waals surface area contributed by atoms with Crippen molar-refractivity contribution in [1.29, 1.82) is 0 Å². The molecule has 1 aliphatic heterocycles. The summed E-state index contributed by atoms with van der Waals surface area (Å²) in [5.74, 6) is -0.369. The number of nitrogens with two attached hydrogens (primary N) is 1. The maximum atomic E-state index is 12.8. The molecule has 1 atom stereocenters. The van der Waals surface area contributed by atoms with E-state index in [1.807, 2.05) is 53.1 Å². The molecule has 29 heavy (non-hydrogen) atoms. The number of carbonyl (C=O) groups is 2. The van der Waals surface area contributed by atoms with Gasteiger partial charge in [-0.15, -0.1) is 0 Å². The fourth-order valence-electron chi connectivity index (χ4n) is 3.78. The number of hydrogen-bond acceptors (Lipinski definition) is 4. The van der Waals surface area contributed by atoms with Crippen LogP contribution in [0.25, 0.3) is 21.8 Å². The SMILES string of the molecule is NC[C@@H]1Cn2c(cc3ccc(C(=O)Nc4cnc5ccccc5c4)cc32)C(=O)N1. The number of fused-ring (bicyclic) bond motifs is 4. The van der Waals surface area contributed by atoms with Crippen LogP contribution in [0.3, 0.4) is 0 Å². The molecule has 7 heteroatoms. The van der Waals surface area contributed by atoms with Crippen LogP contribution in [0.2, 0.25) is 0 Å². The Balaban J connectivity index is 1.48. The summed E-state index contributed by atoms with van der Waals surface area (Å²) in [6, 6.07) is 16.8. The molecule has 2 aromatic heterocycles. The van der Waals surface area contributed by atoms with Crippen LogP contribution in [0, 0.1) is 0 Å². The van der Waals surface area contributed by atoms with E-state index in [0.29, 0.717) is 30.0 Å². The molecule has 0 fully saturated rings. The fourth-order valence-corrected chi connectivity index (χ4v) is 3.78. The summed E-state index contributed by atoms with van der Waals surface area (Å²) < 4.78 is 1.93. The van der Waals surface area contributed by atoms with Gasteiger partial charge in [-0.3, -0.25) is 14.6 Å². The third-order valence-electron chi connectivity index (χ3n) is 5.27. The highest BCUT2D eigenvalue weighted by Crippen LogP contribution is 2.25. The van der Waals surface area contributed by atoms with Crippen molar-refractivity contribution in [3.63, 3.8) is 0 Å². The Morgan fingerprint density at radius 1 is 1.17 bits per heavy atom. The lowest BCUT2D eigenvalue weighted by atomic mass is 10.1. The van der Waals surface area contributed by atoms with Gasteiger partial charge in [-0.25, -0.2) is 0 Å². The highest BCUT2D eigenvalue weighted by atomic mass is 16.2. The van der Waals surface area contributed by atoms with Gasteiger partial charge in [0.2, 0.25) is 0 Å². The van der Waals surface area contributed by atoms with E-state index < -0.39 is 0 Å². The van der Waals surface area contributed by atoms with Crippen LogP contribution in [-0.2, 0) is 6.54 Å². The van der Waals surface area contributed by atoms with E-state index in [4.69, 9.17) is 5.73 Å². The number of hydrogen-bond donors (Lipinski definition) is 3. The maximum absolute atomic E-state index is 12.8. The molecule has 0 saturated heterocycles. The van der Waals surface area contributed by atoms with Gasteiger partial charge in [0.05, 0.1) is 23.4 Å². The van der Waals surface area contributed by atoms with Crippen molar-refractivity contribution in [2.45, 2.75) is 12.6 Å². The van der Waals surface area contributed by atoms with E-state index in [1.54, 1.807) is 12.3 Å². The Kier molecular flexibility index (Phi) is 4.03. The normalized spacial score (nSPS) is 15.9. The van der Waals surface area contributed by atoms with Crippen LogP contribution >= 0.6 is 0 Å². The Morgan fingerprint density at radius 3 is 2.90 bits per heavy atom. The molecule has 2 aromatic carbocycles. The van der Waals surface area contributed by atoms with Gasteiger partial charge in [0, 0.05) is 34.9 Å². The van der Waals surface area contributed by atoms with E-state index in [2.05, 4.69) is 15.6 Å². The van der Waals surface area contributed by atoms with Crippen LogP contribution in [0.4, 0.5) is 5.69 Å². The number of aromatic nitrogens is 2. The second kappa shape index (κ2) is 6.72. The Bertz CT molecular complexity index is 1280. The number of anilines is 1. The minimum atomic E-state index is -0.227. The summed E-state index contributed by atoms with van der Waals surface area (Å²) in [6.07, 6.45) is 1.65. The number of amides is 2. The molecule has 0 spiro atoms. The fraction of sp³-hybridized carbons (Fsp3) is 0.136. The van der Waals surface area contributed by atoms with Gasteiger partial charge in [-0.1, -0.05) is 24.3 Å². The molecule has 0 aliphatic carbocycles. The van der Waals surface area contributed by atoms with Gasteiger partial charge >= 0.3 is 0 Å². The smallest absolute Gasteiger partial charge is 0.268 e. The molecule has 2 amide bonds. The Hall–Kier alpha value is -3.71. The highest BCUT2D eigenvalue weighted by molar-refractivity contribution is 6.07. The van der Waals surface area contributed by atoms with Crippen LogP contribution < -0.4 is 16.4 Å². The lowest BCUT2D eigenvalue weighted by Gasteiger charge is -2.25. The average molecular weight is 385 g/mol. The predicted molar refractivity (Wildman–Crippen MR) is 112 cm³/mol. The lowest BCUT2D eigenvalue weighted by Crippen LogP contribution is -2.47. The zero-order valence-corrected chi connectivity index (χ0v) is 15.6. The van der Waals surface area contributed by atoms with E-state index in [9.17, 15) is 9.59 Å². The topological polar surface area (TPSA) is 102 Å². The van der Waals surface area contributed by atoms with E-state index in [-0.39, 0.29) is 17.9 Å². The van der Waals surface area contributed by atoms with Crippen LogP contribution in [0.15, 0.2) is 60.8 Å². The van der Waals surface area contributed by atoms with Crippen molar-refractivity contribution in [3.05, 3.63) is 72.1 Å². The van der Waals surface area contributed by atoms with Crippen molar-refractivity contribution in [1.82, 2.24) is 14.9 Å². The first-order valence-electron chi connectivity index (χ1n) is 9.43. The van der Waals surface area contributed by atoms with Crippen LogP contribution in [0.1, 0.15) is 20.8 Å². The summed E-state index contributed by atoms with van der Waals surface area (Å²) in [5.41, 5.74) is 9.19. The van der Waals surface area contributed by atoms with Gasteiger partial charge in [-0.2, -0.15) is 0 Å². The van der Waals surface area contributed by atoms with Gasteiger partial charge in [0.15, 0.2) is 0 Å². The number of para-hydroxylation sites is 1. The van der Waals surface area contributed by atoms with E-state index >= 15 is 0 Å². The molecule has 0 bridgehead atoms. The first-order chi connectivity index (χ1) is 14.1. The molecular formula is C22H19N5O2. The molecular weight excluding hydrogens is 366 g/mol. The summed E-state index contributed by atoms with van der Waals surface area (Å²) in [4.78, 5) is 29.5. The zero-order chi connectivity index (χ0) is 20.0. The van der Waals surface area contributed by atoms with Gasteiger partial charge in [-0.05, 0) is 30.3 Å². The highest BCUT2D eigenvalue weighted by Gasteiger charge is 2.25. The third kappa shape index (κ3) is 3.01. The second-order valence-electron chi connectivity index (χ2n) is 7.19. The van der Waals surface area contributed by atoms with Crippen LogP contribution in [-0.4, -0.2) is 34.0 Å². The van der Waals surface area contributed by atoms with E-state index in [0.717, 1.165) is 21.8 Å². The average Bonchev–Trinajstić information content (AvgIpc) is 3.12. The molecule has 0 saturated carbocycles. The number of rotatable bonds is 3. The third-order valence-corrected chi connectivity index (χ3v) is 5.27. The number of nitrogens with one attached hydrogen (secondary N) is 2. The summed E-state index contributed by atoms with van der Waals surface area (Å²) >= 11 is 0. The number of benzene rings is 2. The Labute approximate surface area is 166 Å². The first kappa shape index (κ1) is 17.4. The maximum Gasteiger partial charge on any atom is 0.268 e. The second-order valence-corrected chi connectivity index (χ2v) is 7.19. The number of carbonyl (C=O) groups excluding carboxylic acids is 2. The van der Waals surface area contributed by atoms with Crippen molar-refractivity contribution >= 4 is 39.3 Å².